The van der Waals surface area contributed by atoms with Gasteiger partial charge in [-0.3, -0.25) is 4.79 Å². The summed E-state index contributed by atoms with van der Waals surface area (Å²) >= 11 is 0. The van der Waals surface area contributed by atoms with Crippen LogP contribution >= 0.6 is 0 Å². The second-order valence-electron chi connectivity index (χ2n) is 7.32. The van der Waals surface area contributed by atoms with Crippen molar-refractivity contribution in [2.45, 2.75) is 39.3 Å². The van der Waals surface area contributed by atoms with Gasteiger partial charge < -0.3 is 9.80 Å². The highest BCUT2D eigenvalue weighted by molar-refractivity contribution is 6.03. The number of carbonyl (C=O) groups is 1. The molecule has 26 heavy (non-hydrogen) atoms. The van der Waals surface area contributed by atoms with Gasteiger partial charge in [0.05, 0.1) is 11.3 Å². The number of hydrogen-bond donors (Lipinski definition) is 0. The molecule has 2 aromatic rings. The Hall–Kier alpha value is -2.55. The summed E-state index contributed by atoms with van der Waals surface area (Å²) in [5.41, 5.74) is 7.36. The zero-order chi connectivity index (χ0) is 18.3. The molecule has 0 spiro atoms. The largest absolute Gasteiger partial charge is 0.350 e. The molecule has 4 rings (SSSR count). The lowest BCUT2D eigenvalue weighted by Gasteiger charge is -2.48. The molecule has 0 aliphatic carbocycles. The molecule has 0 fully saturated rings. The Bertz CT molecular complexity index is 883. The average molecular weight is 346 g/mol. The third-order valence-electron chi connectivity index (χ3n) is 5.73. The van der Waals surface area contributed by atoms with Gasteiger partial charge in [0.1, 0.15) is 6.17 Å². The number of fused-ring (bicyclic) bond motifs is 2. The summed E-state index contributed by atoms with van der Waals surface area (Å²) in [6.45, 7) is 5.18. The maximum absolute atomic E-state index is 13.1. The van der Waals surface area contributed by atoms with E-state index < -0.39 is 0 Å². The molecular formula is C23H26N2O. The summed E-state index contributed by atoms with van der Waals surface area (Å²) in [7, 11) is 2.12. The van der Waals surface area contributed by atoms with Crippen molar-refractivity contribution >= 4 is 17.2 Å². The number of hydrogen-bond acceptors (Lipinski definition) is 2. The summed E-state index contributed by atoms with van der Waals surface area (Å²) in [5, 5.41) is 0. The number of anilines is 1. The Morgan fingerprint density at radius 2 is 1.73 bits per heavy atom. The Balaban J connectivity index is 1.88. The first-order chi connectivity index (χ1) is 12.6. The molecule has 0 radical (unpaired) electrons. The predicted molar refractivity (Wildman–Crippen MR) is 107 cm³/mol. The number of nitrogens with zero attached hydrogens (tertiary/aromatic N) is 2. The third-order valence-corrected chi connectivity index (χ3v) is 5.73. The quantitative estimate of drug-likeness (QED) is 0.791. The van der Waals surface area contributed by atoms with E-state index in [1.54, 1.807) is 0 Å². The lowest BCUT2D eigenvalue weighted by Crippen LogP contribution is -2.56. The van der Waals surface area contributed by atoms with Crippen molar-refractivity contribution < 1.29 is 4.79 Å². The first kappa shape index (κ1) is 16.9. The maximum atomic E-state index is 13.1. The van der Waals surface area contributed by atoms with E-state index in [-0.39, 0.29) is 12.1 Å². The van der Waals surface area contributed by atoms with E-state index in [4.69, 9.17) is 0 Å². The maximum Gasteiger partial charge on any atom is 0.257 e. The SMILES string of the molecule is CCCC1=C(c2ccccc2C)CCN2C(=O)c3ccccc3N(C)C12. The molecular weight excluding hydrogens is 320 g/mol. The highest BCUT2D eigenvalue weighted by atomic mass is 16.2. The molecule has 1 unspecified atom stereocenters. The van der Waals surface area contributed by atoms with Crippen molar-refractivity contribution in [3.63, 3.8) is 0 Å². The lowest BCUT2D eigenvalue weighted by molar-refractivity contribution is 0.0678. The van der Waals surface area contributed by atoms with E-state index in [1.165, 1.54) is 22.3 Å². The number of aryl methyl sites for hydroxylation is 1. The van der Waals surface area contributed by atoms with Gasteiger partial charge >= 0.3 is 0 Å². The van der Waals surface area contributed by atoms with E-state index in [9.17, 15) is 4.79 Å². The van der Waals surface area contributed by atoms with Gasteiger partial charge in [-0.15, -0.1) is 0 Å². The molecule has 1 amide bonds. The fraction of sp³-hybridized carbons (Fsp3) is 0.348. The van der Waals surface area contributed by atoms with Crippen molar-refractivity contribution in [2.24, 2.45) is 0 Å². The molecule has 2 aromatic carbocycles. The smallest absolute Gasteiger partial charge is 0.257 e. The van der Waals surface area contributed by atoms with E-state index in [0.29, 0.717) is 0 Å². The lowest BCUT2D eigenvalue weighted by atomic mass is 9.85. The van der Waals surface area contributed by atoms with Crippen molar-refractivity contribution in [3.05, 3.63) is 70.8 Å². The van der Waals surface area contributed by atoms with Crippen LogP contribution < -0.4 is 4.90 Å². The van der Waals surface area contributed by atoms with Crippen LogP contribution in [0.15, 0.2) is 54.1 Å². The standard InChI is InChI=1S/C23H26N2O/c1-4-9-19-18(17-11-6-5-10-16(17)2)14-15-25-22(19)24(3)21-13-8-7-12-20(21)23(25)26/h5-8,10-13,22H,4,9,14-15H2,1-3H3. The van der Waals surface area contributed by atoms with E-state index in [2.05, 4.69) is 61.0 Å². The summed E-state index contributed by atoms with van der Waals surface area (Å²) < 4.78 is 0. The zero-order valence-corrected chi connectivity index (χ0v) is 15.8. The highest BCUT2D eigenvalue weighted by Gasteiger charge is 2.40. The van der Waals surface area contributed by atoms with Gasteiger partial charge in [0.25, 0.3) is 5.91 Å². The second kappa shape index (κ2) is 6.64. The molecule has 0 N–H and O–H groups in total. The number of amides is 1. The first-order valence-electron chi connectivity index (χ1n) is 9.54. The van der Waals surface area contributed by atoms with Crippen molar-refractivity contribution in [2.75, 3.05) is 18.5 Å². The van der Waals surface area contributed by atoms with Crippen LogP contribution in [0.25, 0.3) is 5.57 Å². The normalized spacial score (nSPS) is 19.5. The number of benzene rings is 2. The molecule has 3 heteroatoms. The summed E-state index contributed by atoms with van der Waals surface area (Å²) in [4.78, 5) is 17.5. The summed E-state index contributed by atoms with van der Waals surface area (Å²) in [5.74, 6) is 0.168. The molecule has 0 saturated heterocycles. The van der Waals surface area contributed by atoms with E-state index >= 15 is 0 Å². The molecule has 0 bridgehead atoms. The highest BCUT2D eigenvalue weighted by Crippen LogP contribution is 2.41. The van der Waals surface area contributed by atoms with Crippen molar-refractivity contribution in [1.29, 1.82) is 0 Å². The van der Waals surface area contributed by atoms with Gasteiger partial charge in [-0.25, -0.2) is 0 Å². The second-order valence-corrected chi connectivity index (χ2v) is 7.32. The summed E-state index contributed by atoms with van der Waals surface area (Å²) in [6.07, 6.45) is 3.06. The zero-order valence-electron chi connectivity index (χ0n) is 15.8. The molecule has 2 aliphatic rings. The number of rotatable bonds is 3. The molecule has 3 nitrogen and oxygen atoms in total. The van der Waals surface area contributed by atoms with Crippen LogP contribution in [0.3, 0.4) is 0 Å². The molecule has 134 valence electrons. The first-order valence-corrected chi connectivity index (χ1v) is 9.54. The number of para-hydroxylation sites is 1. The van der Waals surface area contributed by atoms with Crippen LogP contribution in [-0.2, 0) is 0 Å². The predicted octanol–water partition coefficient (Wildman–Crippen LogP) is 4.87. The minimum absolute atomic E-state index is 0.0284. The number of likely N-dealkylation sites (N-methyl/N-ethyl adjacent to an activating group) is 1. The van der Waals surface area contributed by atoms with Crippen molar-refractivity contribution in [3.8, 4) is 0 Å². The van der Waals surface area contributed by atoms with Crippen molar-refractivity contribution in [1.82, 2.24) is 4.90 Å². The van der Waals surface area contributed by atoms with Crippen LogP contribution in [0.2, 0.25) is 0 Å². The molecule has 2 aliphatic heterocycles. The summed E-state index contributed by atoms with van der Waals surface area (Å²) in [6, 6.07) is 16.6. The van der Waals surface area contributed by atoms with Gasteiger partial charge in [-0.05, 0) is 54.2 Å². The fourth-order valence-electron chi connectivity index (χ4n) is 4.53. The molecule has 2 heterocycles. The van der Waals surface area contributed by atoms with Gasteiger partial charge in [0.15, 0.2) is 0 Å². The Kier molecular flexibility index (Phi) is 4.31. The minimum Gasteiger partial charge on any atom is -0.350 e. The Morgan fingerprint density at radius 1 is 1.04 bits per heavy atom. The third kappa shape index (κ3) is 2.54. The number of carbonyl (C=O) groups excluding carboxylic acids is 1. The Morgan fingerprint density at radius 3 is 2.46 bits per heavy atom. The minimum atomic E-state index is 0.0284. The molecule has 1 atom stereocenters. The van der Waals surface area contributed by atoms with Gasteiger partial charge in [0.2, 0.25) is 0 Å². The van der Waals surface area contributed by atoms with E-state index in [1.807, 2.05) is 18.2 Å². The topological polar surface area (TPSA) is 23.6 Å². The van der Waals surface area contributed by atoms with E-state index in [0.717, 1.165) is 37.1 Å². The monoisotopic (exact) mass is 346 g/mol. The molecule has 0 saturated carbocycles. The fourth-order valence-corrected chi connectivity index (χ4v) is 4.53. The molecule has 0 aromatic heterocycles. The van der Waals surface area contributed by atoms with Crippen LogP contribution in [-0.4, -0.2) is 30.6 Å². The average Bonchev–Trinajstić information content (AvgIpc) is 2.67. The van der Waals surface area contributed by atoms with Crippen LogP contribution in [0.4, 0.5) is 5.69 Å². The van der Waals surface area contributed by atoms with Crippen LogP contribution in [0.5, 0.6) is 0 Å². The Labute approximate surface area is 155 Å². The van der Waals surface area contributed by atoms with Crippen LogP contribution in [0, 0.1) is 6.92 Å². The van der Waals surface area contributed by atoms with Gasteiger partial charge in [-0.1, -0.05) is 49.7 Å². The van der Waals surface area contributed by atoms with Gasteiger partial charge in [-0.2, -0.15) is 0 Å². The van der Waals surface area contributed by atoms with Crippen LogP contribution in [0.1, 0.15) is 47.7 Å². The van der Waals surface area contributed by atoms with Gasteiger partial charge in [0, 0.05) is 13.6 Å².